The molecule has 0 aromatic rings. The Labute approximate surface area is 145 Å². The fourth-order valence-electron chi connectivity index (χ4n) is 3.47. The monoisotopic (exact) mass is 330 g/mol. The molecule has 0 aromatic carbocycles. The van der Waals surface area contributed by atoms with E-state index < -0.39 is 11.2 Å². The summed E-state index contributed by atoms with van der Waals surface area (Å²) in [5, 5.41) is 20.6. The maximum absolute atomic E-state index is 12.1. The number of carbonyl (C=O) groups excluding carboxylic acids is 1. The Hall–Kier alpha value is -1.45. The van der Waals surface area contributed by atoms with E-state index in [1.54, 1.807) is 0 Å². The maximum atomic E-state index is 12.1. The first-order valence-corrected chi connectivity index (χ1v) is 9.00. The summed E-state index contributed by atoms with van der Waals surface area (Å²) in [6.45, 7) is 3.63. The van der Waals surface area contributed by atoms with Crippen LogP contribution in [0.2, 0.25) is 0 Å². The minimum absolute atomic E-state index is 0.0876. The minimum atomic E-state index is -0.801. The molecular formula is C21H30O3. The van der Waals surface area contributed by atoms with Gasteiger partial charge >= 0.3 is 0 Å². The molecule has 0 saturated carbocycles. The van der Waals surface area contributed by atoms with Crippen molar-refractivity contribution in [2.24, 2.45) is 11.8 Å². The van der Waals surface area contributed by atoms with Crippen LogP contribution in [0.4, 0.5) is 0 Å². The molecule has 4 unspecified atom stereocenters. The fourth-order valence-corrected chi connectivity index (χ4v) is 3.47. The van der Waals surface area contributed by atoms with Gasteiger partial charge in [-0.3, -0.25) is 4.79 Å². The van der Waals surface area contributed by atoms with Crippen molar-refractivity contribution in [3.05, 3.63) is 48.6 Å². The average Bonchev–Trinajstić information content (AvgIpc) is 2.50. The molecule has 24 heavy (non-hydrogen) atoms. The van der Waals surface area contributed by atoms with Crippen molar-refractivity contribution < 1.29 is 15.0 Å². The van der Waals surface area contributed by atoms with Crippen LogP contribution in [0, 0.1) is 11.8 Å². The molecule has 2 aliphatic carbocycles. The van der Waals surface area contributed by atoms with E-state index in [0.717, 1.165) is 25.7 Å². The van der Waals surface area contributed by atoms with Gasteiger partial charge in [0.1, 0.15) is 5.78 Å². The highest BCUT2D eigenvalue weighted by atomic mass is 16.3. The molecule has 2 rings (SSSR count). The van der Waals surface area contributed by atoms with Gasteiger partial charge in [-0.2, -0.15) is 0 Å². The first-order chi connectivity index (χ1) is 11.3. The van der Waals surface area contributed by atoms with Crippen LogP contribution in [0.25, 0.3) is 0 Å². The number of rotatable bonds is 8. The molecule has 3 heteroatoms. The van der Waals surface area contributed by atoms with Crippen LogP contribution < -0.4 is 0 Å². The summed E-state index contributed by atoms with van der Waals surface area (Å²) in [4.78, 5) is 12.1. The molecule has 0 heterocycles. The number of allylic oxidation sites excluding steroid dienone is 4. The van der Waals surface area contributed by atoms with Gasteiger partial charge in [-0.25, -0.2) is 0 Å². The van der Waals surface area contributed by atoms with Crippen LogP contribution in [0.5, 0.6) is 0 Å². The van der Waals surface area contributed by atoms with E-state index in [-0.39, 0.29) is 17.6 Å². The smallest absolute Gasteiger partial charge is 0.132 e. The van der Waals surface area contributed by atoms with Gasteiger partial charge in [-0.05, 0) is 39.5 Å². The van der Waals surface area contributed by atoms with Crippen molar-refractivity contribution in [2.75, 3.05) is 0 Å². The number of hydrogen-bond donors (Lipinski definition) is 2. The number of ketones is 1. The summed E-state index contributed by atoms with van der Waals surface area (Å²) in [6, 6.07) is 0. The average molecular weight is 330 g/mol. The van der Waals surface area contributed by atoms with Crippen LogP contribution in [0.3, 0.4) is 0 Å². The predicted octanol–water partition coefficient (Wildman–Crippen LogP) is 3.88. The Balaban J connectivity index is 1.64. The van der Waals surface area contributed by atoms with Crippen LogP contribution in [-0.4, -0.2) is 27.2 Å². The van der Waals surface area contributed by atoms with Crippen molar-refractivity contribution in [1.29, 1.82) is 0 Å². The highest BCUT2D eigenvalue weighted by Crippen LogP contribution is 2.30. The fraction of sp³-hybridized carbons (Fsp3) is 0.571. The molecule has 0 bridgehead atoms. The molecule has 0 amide bonds. The van der Waals surface area contributed by atoms with Crippen molar-refractivity contribution in [1.82, 2.24) is 0 Å². The number of aliphatic hydroxyl groups is 2. The van der Waals surface area contributed by atoms with Crippen LogP contribution in [0.15, 0.2) is 48.6 Å². The molecule has 0 aliphatic heterocycles. The topological polar surface area (TPSA) is 57.5 Å². The van der Waals surface area contributed by atoms with Crippen molar-refractivity contribution in [2.45, 2.75) is 63.6 Å². The van der Waals surface area contributed by atoms with E-state index in [0.29, 0.717) is 12.8 Å². The Kier molecular flexibility index (Phi) is 6.36. The van der Waals surface area contributed by atoms with E-state index >= 15 is 0 Å². The van der Waals surface area contributed by atoms with Gasteiger partial charge in [-0.1, -0.05) is 48.6 Å². The van der Waals surface area contributed by atoms with Gasteiger partial charge in [0.25, 0.3) is 0 Å². The number of carbonyl (C=O) groups is 1. The summed E-state index contributed by atoms with van der Waals surface area (Å²) in [5.74, 6) is 0.453. The molecule has 0 radical (unpaired) electrons. The van der Waals surface area contributed by atoms with Crippen molar-refractivity contribution in [3.63, 3.8) is 0 Å². The maximum Gasteiger partial charge on any atom is 0.132 e. The van der Waals surface area contributed by atoms with Crippen LogP contribution in [-0.2, 0) is 4.79 Å². The molecule has 3 nitrogen and oxygen atoms in total. The Morgan fingerprint density at radius 2 is 1.25 bits per heavy atom. The van der Waals surface area contributed by atoms with E-state index in [2.05, 4.69) is 0 Å². The highest BCUT2D eigenvalue weighted by molar-refractivity contribution is 5.78. The third kappa shape index (κ3) is 5.29. The van der Waals surface area contributed by atoms with E-state index in [1.165, 1.54) is 0 Å². The van der Waals surface area contributed by atoms with Gasteiger partial charge in [-0.15, -0.1) is 0 Å². The summed E-state index contributed by atoms with van der Waals surface area (Å²) in [5.41, 5.74) is -1.60. The lowest BCUT2D eigenvalue weighted by molar-refractivity contribution is -0.119. The molecule has 0 aromatic heterocycles. The van der Waals surface area contributed by atoms with Crippen molar-refractivity contribution in [3.8, 4) is 0 Å². The first kappa shape index (κ1) is 18.9. The third-order valence-electron chi connectivity index (χ3n) is 5.22. The largest absolute Gasteiger partial charge is 0.385 e. The van der Waals surface area contributed by atoms with Crippen LogP contribution in [0.1, 0.15) is 52.4 Å². The number of Topliss-reactive ketones (excluding diaryl/α,β-unsaturated/α-hetero) is 1. The molecular weight excluding hydrogens is 300 g/mol. The quantitative estimate of drug-likeness (QED) is 0.710. The lowest BCUT2D eigenvalue weighted by atomic mass is 9.81. The predicted molar refractivity (Wildman–Crippen MR) is 97.5 cm³/mol. The Morgan fingerprint density at radius 3 is 1.62 bits per heavy atom. The van der Waals surface area contributed by atoms with Gasteiger partial charge < -0.3 is 10.2 Å². The van der Waals surface area contributed by atoms with E-state index in [1.807, 2.05) is 62.5 Å². The zero-order valence-electron chi connectivity index (χ0n) is 14.8. The van der Waals surface area contributed by atoms with E-state index in [9.17, 15) is 15.0 Å². The minimum Gasteiger partial charge on any atom is -0.385 e. The molecule has 0 fully saturated rings. The molecule has 2 N–H and O–H groups in total. The van der Waals surface area contributed by atoms with E-state index in [4.69, 9.17) is 0 Å². The summed E-state index contributed by atoms with van der Waals surface area (Å²) < 4.78 is 0. The van der Waals surface area contributed by atoms with Gasteiger partial charge in [0.2, 0.25) is 0 Å². The standard InChI is InChI=1S/C21H30O3/c1-20(23)15-5-3-9-17(20)11-7-13-19(22)14-8-12-18-10-4-6-16-21(18,2)24/h3-6,9-10,15-18,23-24H,7-8,11-14H2,1-2H3. The first-order valence-electron chi connectivity index (χ1n) is 9.00. The zero-order valence-corrected chi connectivity index (χ0v) is 14.8. The van der Waals surface area contributed by atoms with Gasteiger partial charge in [0.05, 0.1) is 11.2 Å². The Bertz CT molecular complexity index is 501. The van der Waals surface area contributed by atoms with Gasteiger partial charge in [0, 0.05) is 24.7 Å². The molecule has 2 aliphatic rings. The highest BCUT2D eigenvalue weighted by Gasteiger charge is 2.29. The third-order valence-corrected chi connectivity index (χ3v) is 5.22. The molecule has 0 saturated heterocycles. The second kappa shape index (κ2) is 8.09. The lowest BCUT2D eigenvalue weighted by Gasteiger charge is -2.30. The summed E-state index contributed by atoms with van der Waals surface area (Å²) >= 11 is 0. The Morgan fingerprint density at radius 1 is 0.833 bits per heavy atom. The molecule has 0 spiro atoms. The molecule has 132 valence electrons. The zero-order chi connectivity index (χ0) is 17.6. The number of hydrogen-bond acceptors (Lipinski definition) is 3. The SMILES string of the molecule is CC1(O)C=CC=CC1CCCC(=O)CCCC1C=CC=CC1(C)O. The lowest BCUT2D eigenvalue weighted by Crippen LogP contribution is -2.32. The summed E-state index contributed by atoms with van der Waals surface area (Å²) in [6.07, 6.45) is 19.7. The second-order valence-corrected chi connectivity index (χ2v) is 7.48. The molecule has 4 atom stereocenters. The van der Waals surface area contributed by atoms with Gasteiger partial charge in [0.15, 0.2) is 0 Å². The summed E-state index contributed by atoms with van der Waals surface area (Å²) in [7, 11) is 0. The second-order valence-electron chi connectivity index (χ2n) is 7.48. The van der Waals surface area contributed by atoms with Crippen LogP contribution >= 0.6 is 0 Å². The van der Waals surface area contributed by atoms with Crippen molar-refractivity contribution >= 4 is 5.78 Å². The normalized spacial score (nSPS) is 34.7.